The molecule has 6 nitrogen and oxygen atoms in total. The van der Waals surface area contributed by atoms with Gasteiger partial charge in [-0.3, -0.25) is 4.72 Å². The lowest BCUT2D eigenvalue weighted by Crippen LogP contribution is -2.11. The normalized spacial score (nSPS) is 10.9. The van der Waals surface area contributed by atoms with Crippen LogP contribution in [-0.2, 0) is 10.0 Å². The monoisotopic (exact) mass is 371 g/mol. The molecular formula is C17H13N3O3S2. The Morgan fingerprint density at radius 1 is 1.12 bits per heavy atom. The van der Waals surface area contributed by atoms with Gasteiger partial charge in [0.25, 0.3) is 10.0 Å². The van der Waals surface area contributed by atoms with E-state index in [1.165, 1.54) is 11.3 Å². The predicted octanol–water partition coefficient (Wildman–Crippen LogP) is 3.92. The summed E-state index contributed by atoms with van der Waals surface area (Å²) in [6.45, 7) is 1.85. The van der Waals surface area contributed by atoms with Crippen LogP contribution in [0.3, 0.4) is 0 Å². The number of pyridine rings is 1. The molecule has 1 aromatic carbocycles. The van der Waals surface area contributed by atoms with Crippen LogP contribution in [0.4, 0.5) is 5.69 Å². The van der Waals surface area contributed by atoms with Crippen molar-refractivity contribution in [2.24, 2.45) is 0 Å². The molecular weight excluding hydrogens is 358 g/mol. The second-order valence-electron chi connectivity index (χ2n) is 5.07. The van der Waals surface area contributed by atoms with Crippen LogP contribution in [-0.4, -0.2) is 13.4 Å². The average molecular weight is 371 g/mol. The molecule has 8 heteroatoms. The molecule has 0 aliphatic rings. The van der Waals surface area contributed by atoms with Gasteiger partial charge in [-0.05, 0) is 49.4 Å². The van der Waals surface area contributed by atoms with Gasteiger partial charge in [0.2, 0.25) is 5.88 Å². The highest BCUT2D eigenvalue weighted by Gasteiger charge is 2.16. The fourth-order valence-corrected chi connectivity index (χ4v) is 4.35. The number of nitrogens with zero attached hydrogens (tertiary/aromatic N) is 2. The van der Waals surface area contributed by atoms with Crippen molar-refractivity contribution in [3.05, 3.63) is 65.2 Å². The van der Waals surface area contributed by atoms with Gasteiger partial charge >= 0.3 is 0 Å². The minimum atomic E-state index is -3.59. The van der Waals surface area contributed by atoms with Gasteiger partial charge in [0.15, 0.2) is 0 Å². The van der Waals surface area contributed by atoms with Gasteiger partial charge in [0.1, 0.15) is 21.7 Å². The average Bonchev–Trinajstić information content (AvgIpc) is 3.04. The zero-order valence-corrected chi connectivity index (χ0v) is 14.8. The van der Waals surface area contributed by atoms with Crippen molar-refractivity contribution in [3.8, 4) is 17.7 Å². The maximum Gasteiger partial charge on any atom is 0.271 e. The van der Waals surface area contributed by atoms with E-state index in [2.05, 4.69) is 9.71 Å². The van der Waals surface area contributed by atoms with E-state index in [0.29, 0.717) is 17.3 Å². The molecule has 0 aliphatic heterocycles. The molecule has 3 aromatic rings. The Kier molecular flexibility index (Phi) is 4.70. The number of nitriles is 1. The second-order valence-corrected chi connectivity index (χ2v) is 8.27. The van der Waals surface area contributed by atoms with Crippen LogP contribution in [0.25, 0.3) is 0 Å². The first kappa shape index (κ1) is 17.0. The molecule has 0 bridgehead atoms. The molecule has 0 amide bonds. The minimum Gasteiger partial charge on any atom is -0.439 e. The van der Waals surface area contributed by atoms with Crippen LogP contribution >= 0.6 is 11.3 Å². The van der Waals surface area contributed by atoms with E-state index < -0.39 is 10.0 Å². The molecule has 0 saturated carbocycles. The molecule has 25 heavy (non-hydrogen) atoms. The third-order valence-electron chi connectivity index (χ3n) is 3.15. The summed E-state index contributed by atoms with van der Waals surface area (Å²) in [5, 5.41) is 8.84. The molecule has 3 rings (SSSR count). The zero-order chi connectivity index (χ0) is 17.9. The second kappa shape index (κ2) is 6.93. The number of thiophene rings is 1. The van der Waals surface area contributed by atoms with Gasteiger partial charge in [-0.1, -0.05) is 6.07 Å². The fourth-order valence-electron chi connectivity index (χ4n) is 2.01. The summed E-state index contributed by atoms with van der Waals surface area (Å²) in [6.07, 6.45) is 0. The van der Waals surface area contributed by atoms with Crippen LogP contribution in [0.1, 0.15) is 10.6 Å². The van der Waals surface area contributed by atoms with E-state index in [1.807, 2.05) is 13.0 Å². The molecule has 2 aromatic heterocycles. The fraction of sp³-hybridized carbons (Fsp3) is 0.0588. The SMILES string of the molecule is Cc1ccc(S(=O)(=O)Nc2ccc(Oc3cccc(C#N)n3)cc2)s1. The van der Waals surface area contributed by atoms with Crippen LogP contribution in [0.5, 0.6) is 11.6 Å². The van der Waals surface area contributed by atoms with Gasteiger partial charge in [-0.2, -0.15) is 5.26 Å². The first-order chi connectivity index (χ1) is 12.0. The van der Waals surface area contributed by atoms with Gasteiger partial charge in [-0.25, -0.2) is 13.4 Å². The first-order valence-electron chi connectivity index (χ1n) is 7.20. The summed E-state index contributed by atoms with van der Waals surface area (Å²) in [5.41, 5.74) is 0.685. The minimum absolute atomic E-state index is 0.258. The largest absolute Gasteiger partial charge is 0.439 e. The van der Waals surface area contributed by atoms with E-state index >= 15 is 0 Å². The van der Waals surface area contributed by atoms with Crippen LogP contribution < -0.4 is 9.46 Å². The van der Waals surface area contributed by atoms with E-state index in [9.17, 15) is 8.42 Å². The predicted molar refractivity (Wildman–Crippen MR) is 95.3 cm³/mol. The third-order valence-corrected chi connectivity index (χ3v) is 6.02. The maximum absolute atomic E-state index is 12.3. The van der Waals surface area contributed by atoms with Gasteiger partial charge < -0.3 is 4.74 Å². The number of sulfonamides is 1. The number of anilines is 1. The maximum atomic E-state index is 12.3. The molecule has 1 N–H and O–H groups in total. The lowest BCUT2D eigenvalue weighted by atomic mass is 10.3. The van der Waals surface area contributed by atoms with Crippen molar-refractivity contribution in [3.63, 3.8) is 0 Å². The van der Waals surface area contributed by atoms with Crippen LogP contribution in [0, 0.1) is 18.3 Å². The summed E-state index contributed by atoms with van der Waals surface area (Å²) in [7, 11) is -3.59. The Balaban J connectivity index is 1.73. The number of hydrogen-bond acceptors (Lipinski definition) is 6. The van der Waals surface area contributed by atoms with Crippen LogP contribution in [0.15, 0.2) is 58.8 Å². The number of aromatic nitrogens is 1. The molecule has 0 saturated heterocycles. The smallest absolute Gasteiger partial charge is 0.271 e. The summed E-state index contributed by atoms with van der Waals surface area (Å²) in [5.74, 6) is 0.777. The lowest BCUT2D eigenvalue weighted by Gasteiger charge is -2.08. The number of benzene rings is 1. The summed E-state index contributed by atoms with van der Waals surface area (Å²) in [6, 6.07) is 16.6. The van der Waals surface area contributed by atoms with E-state index in [0.717, 1.165) is 4.88 Å². The standard InChI is InChI=1S/C17H13N3O3S2/c1-12-5-10-17(24-12)25(21,22)20-13-6-8-15(9-7-13)23-16-4-2-3-14(11-18)19-16/h2-10,20H,1H3. The highest BCUT2D eigenvalue weighted by molar-refractivity contribution is 7.94. The Labute approximate surface area is 149 Å². The number of hydrogen-bond donors (Lipinski definition) is 1. The molecule has 0 spiro atoms. The van der Waals surface area contributed by atoms with Crippen molar-refractivity contribution in [1.82, 2.24) is 4.98 Å². The van der Waals surface area contributed by atoms with Gasteiger partial charge in [0, 0.05) is 16.6 Å². The Bertz CT molecular complexity index is 1040. The summed E-state index contributed by atoms with van der Waals surface area (Å²) < 4.78 is 32.9. The molecule has 0 aliphatic carbocycles. The molecule has 2 heterocycles. The van der Waals surface area contributed by atoms with Gasteiger partial charge in [-0.15, -0.1) is 11.3 Å². The highest BCUT2D eigenvalue weighted by atomic mass is 32.2. The summed E-state index contributed by atoms with van der Waals surface area (Å²) in [4.78, 5) is 4.94. The van der Waals surface area contributed by atoms with Crippen molar-refractivity contribution >= 4 is 27.0 Å². The van der Waals surface area contributed by atoms with Gasteiger partial charge in [0.05, 0.1) is 0 Å². The summed E-state index contributed by atoms with van der Waals surface area (Å²) >= 11 is 1.21. The van der Waals surface area contributed by atoms with E-state index in [1.54, 1.807) is 54.6 Å². The topological polar surface area (TPSA) is 92.1 Å². The lowest BCUT2D eigenvalue weighted by molar-refractivity contribution is 0.462. The molecule has 0 fully saturated rings. The number of ether oxygens (including phenoxy) is 1. The number of aryl methyl sites for hydroxylation is 1. The highest BCUT2D eigenvalue weighted by Crippen LogP contribution is 2.25. The number of rotatable bonds is 5. The van der Waals surface area contributed by atoms with Crippen molar-refractivity contribution in [2.75, 3.05) is 4.72 Å². The zero-order valence-electron chi connectivity index (χ0n) is 13.1. The van der Waals surface area contributed by atoms with Crippen molar-refractivity contribution in [2.45, 2.75) is 11.1 Å². The third kappa shape index (κ3) is 4.15. The van der Waals surface area contributed by atoms with E-state index in [4.69, 9.17) is 10.00 Å². The Morgan fingerprint density at radius 2 is 1.88 bits per heavy atom. The first-order valence-corrected chi connectivity index (χ1v) is 9.50. The molecule has 0 radical (unpaired) electrons. The Morgan fingerprint density at radius 3 is 2.52 bits per heavy atom. The van der Waals surface area contributed by atoms with Crippen molar-refractivity contribution < 1.29 is 13.2 Å². The molecule has 0 atom stereocenters. The Hall–Kier alpha value is -2.89. The number of nitrogens with one attached hydrogen (secondary N) is 1. The molecule has 126 valence electrons. The van der Waals surface area contributed by atoms with Crippen molar-refractivity contribution in [1.29, 1.82) is 5.26 Å². The quantitative estimate of drug-likeness (QED) is 0.734. The van der Waals surface area contributed by atoms with Crippen LogP contribution in [0.2, 0.25) is 0 Å². The van der Waals surface area contributed by atoms with E-state index in [-0.39, 0.29) is 9.90 Å². The molecule has 0 unspecified atom stereocenters.